The van der Waals surface area contributed by atoms with Gasteiger partial charge in [-0.25, -0.2) is 4.79 Å². The fourth-order valence-electron chi connectivity index (χ4n) is 1.61. The topological polar surface area (TPSA) is 89.9 Å². The minimum Gasteiger partial charge on any atom is -0.497 e. The number of carbonyl (C=O) groups is 1. The molecule has 0 heterocycles. The highest BCUT2D eigenvalue weighted by Crippen LogP contribution is 2.26. The Morgan fingerprint density at radius 3 is 2.17 bits per heavy atom. The lowest BCUT2D eigenvalue weighted by atomic mass is 10.1. The molecule has 1 aromatic rings. The third-order valence-corrected chi connectivity index (χ3v) is 3.83. The number of ether oxygens (including phenoxy) is 1. The maximum absolute atomic E-state index is 11.9. The van der Waals surface area contributed by atoms with E-state index in [1.807, 2.05) is 0 Å². The zero-order valence-corrected chi connectivity index (χ0v) is 11.1. The van der Waals surface area contributed by atoms with Gasteiger partial charge in [0.15, 0.2) is 6.61 Å². The molecule has 18 heavy (non-hydrogen) atoms. The largest absolute Gasteiger partial charge is 0.497 e. The minimum absolute atomic E-state index is 0.0236. The van der Waals surface area contributed by atoms with Crippen molar-refractivity contribution in [1.29, 1.82) is 0 Å². The lowest BCUT2D eigenvalue weighted by Crippen LogP contribution is -2.15. The summed E-state index contributed by atoms with van der Waals surface area (Å²) in [6, 6.07) is 3.09. The van der Waals surface area contributed by atoms with Gasteiger partial charge < -0.3 is 9.84 Å². The second-order valence-corrected chi connectivity index (χ2v) is 5.25. The van der Waals surface area contributed by atoms with Crippen molar-refractivity contribution in [1.82, 2.24) is 0 Å². The Morgan fingerprint density at radius 2 is 1.78 bits per heavy atom. The number of rotatable bonds is 5. The molecule has 0 aliphatic heterocycles. The fourth-order valence-corrected chi connectivity index (χ4v) is 2.89. The summed E-state index contributed by atoms with van der Waals surface area (Å²) in [5.74, 6) is -0.815. The first-order valence-electron chi connectivity index (χ1n) is 5.04. The van der Waals surface area contributed by atoms with Gasteiger partial charge in [0.25, 0.3) is 10.1 Å². The lowest BCUT2D eigenvalue weighted by molar-refractivity contribution is -0.139. The van der Waals surface area contributed by atoms with Crippen LogP contribution in [-0.2, 0) is 19.1 Å². The number of hydrogen-bond acceptors (Lipinski definition) is 5. The molecule has 0 atom stereocenters. The van der Waals surface area contributed by atoms with Gasteiger partial charge in [0.2, 0.25) is 0 Å². The molecule has 0 bridgehead atoms. The number of benzene rings is 1. The van der Waals surface area contributed by atoms with Crippen LogP contribution in [0.5, 0.6) is 5.75 Å². The molecule has 0 saturated heterocycles. The summed E-state index contributed by atoms with van der Waals surface area (Å²) in [5, 5.41) is 8.44. The normalized spacial score (nSPS) is 11.3. The second-order valence-electron chi connectivity index (χ2n) is 3.70. The van der Waals surface area contributed by atoms with Crippen LogP contribution in [0.2, 0.25) is 0 Å². The van der Waals surface area contributed by atoms with Crippen molar-refractivity contribution in [2.24, 2.45) is 0 Å². The van der Waals surface area contributed by atoms with E-state index < -0.39 is 22.7 Å². The average molecular weight is 274 g/mol. The van der Waals surface area contributed by atoms with E-state index in [1.165, 1.54) is 7.11 Å². The fraction of sp³-hybridized carbons (Fsp3) is 0.364. The molecule has 0 radical (unpaired) electrons. The molecule has 0 amide bonds. The molecule has 100 valence electrons. The number of aliphatic carboxylic acids is 1. The van der Waals surface area contributed by atoms with Gasteiger partial charge >= 0.3 is 5.97 Å². The van der Waals surface area contributed by atoms with E-state index in [-0.39, 0.29) is 4.90 Å². The highest BCUT2D eigenvalue weighted by molar-refractivity contribution is 7.86. The van der Waals surface area contributed by atoms with Gasteiger partial charge in [-0.05, 0) is 37.1 Å². The Kier molecular flexibility index (Phi) is 4.31. The molecule has 0 spiro atoms. The number of hydrogen-bond donors (Lipinski definition) is 1. The molecule has 6 nitrogen and oxygen atoms in total. The van der Waals surface area contributed by atoms with Crippen molar-refractivity contribution in [3.05, 3.63) is 23.3 Å². The van der Waals surface area contributed by atoms with Crippen molar-refractivity contribution in [2.75, 3.05) is 13.7 Å². The smallest absolute Gasteiger partial charge is 0.331 e. The zero-order chi connectivity index (χ0) is 13.9. The van der Waals surface area contributed by atoms with Crippen LogP contribution >= 0.6 is 0 Å². The van der Waals surface area contributed by atoms with Gasteiger partial charge in [-0.2, -0.15) is 8.42 Å². The van der Waals surface area contributed by atoms with Crippen LogP contribution in [0.4, 0.5) is 0 Å². The van der Waals surface area contributed by atoms with Crippen LogP contribution < -0.4 is 4.74 Å². The molecule has 0 aliphatic rings. The van der Waals surface area contributed by atoms with Crippen molar-refractivity contribution in [3.8, 4) is 5.75 Å². The van der Waals surface area contributed by atoms with E-state index in [0.29, 0.717) is 16.9 Å². The average Bonchev–Trinajstić information content (AvgIpc) is 2.25. The number of carboxylic acid groups (broad SMARTS) is 1. The molecule has 0 unspecified atom stereocenters. The Balaban J connectivity index is 3.20. The standard InChI is InChI=1S/C11H14O6S/c1-7-4-9(16-3)5-8(2)11(7)18(14,15)17-6-10(12)13/h4-5H,6H2,1-3H3,(H,12,13). The monoisotopic (exact) mass is 274 g/mol. The van der Waals surface area contributed by atoms with E-state index in [2.05, 4.69) is 4.18 Å². The summed E-state index contributed by atoms with van der Waals surface area (Å²) < 4.78 is 33.2. The molecule has 1 N–H and O–H groups in total. The Labute approximate surface area is 105 Å². The summed E-state index contributed by atoms with van der Waals surface area (Å²) in [5.41, 5.74) is 0.884. The Hall–Kier alpha value is -1.60. The van der Waals surface area contributed by atoms with E-state index in [4.69, 9.17) is 9.84 Å². The quantitative estimate of drug-likeness (QED) is 0.809. The highest BCUT2D eigenvalue weighted by atomic mass is 32.2. The van der Waals surface area contributed by atoms with Gasteiger partial charge in [0.1, 0.15) is 10.6 Å². The molecule has 0 aromatic heterocycles. The minimum atomic E-state index is -4.08. The molecule has 0 fully saturated rings. The summed E-state index contributed by atoms with van der Waals surface area (Å²) in [4.78, 5) is 10.3. The first-order valence-corrected chi connectivity index (χ1v) is 6.45. The van der Waals surface area contributed by atoms with Gasteiger partial charge in [-0.1, -0.05) is 0 Å². The molecular weight excluding hydrogens is 260 g/mol. The first kappa shape index (κ1) is 14.5. The van der Waals surface area contributed by atoms with Crippen LogP contribution in [0.3, 0.4) is 0 Å². The molecule has 0 saturated carbocycles. The predicted molar refractivity (Wildman–Crippen MR) is 63.2 cm³/mol. The van der Waals surface area contributed by atoms with Crippen LogP contribution in [0.25, 0.3) is 0 Å². The van der Waals surface area contributed by atoms with E-state index >= 15 is 0 Å². The van der Waals surface area contributed by atoms with Gasteiger partial charge in [0.05, 0.1) is 7.11 Å². The number of carboxylic acids is 1. The third kappa shape index (κ3) is 3.21. The Bertz CT molecular complexity index is 538. The Morgan fingerprint density at radius 1 is 1.28 bits per heavy atom. The summed E-state index contributed by atoms with van der Waals surface area (Å²) in [6.45, 7) is 2.28. The zero-order valence-electron chi connectivity index (χ0n) is 10.3. The third-order valence-electron chi connectivity index (χ3n) is 2.26. The molecule has 1 rings (SSSR count). The van der Waals surface area contributed by atoms with Crippen molar-refractivity contribution in [3.63, 3.8) is 0 Å². The van der Waals surface area contributed by atoms with Crippen molar-refractivity contribution in [2.45, 2.75) is 18.7 Å². The highest BCUT2D eigenvalue weighted by Gasteiger charge is 2.22. The van der Waals surface area contributed by atoms with Crippen LogP contribution in [0, 0.1) is 13.8 Å². The van der Waals surface area contributed by atoms with E-state index in [1.54, 1.807) is 26.0 Å². The summed E-state index contributed by atoms with van der Waals surface area (Å²) in [6.07, 6.45) is 0. The van der Waals surface area contributed by atoms with Gasteiger partial charge in [-0.3, -0.25) is 4.18 Å². The van der Waals surface area contributed by atoms with Crippen LogP contribution in [0.1, 0.15) is 11.1 Å². The molecule has 7 heteroatoms. The molecular formula is C11H14O6S. The predicted octanol–water partition coefficient (Wildman–Crippen LogP) is 1.10. The maximum Gasteiger partial charge on any atom is 0.331 e. The van der Waals surface area contributed by atoms with Crippen molar-refractivity contribution < 1.29 is 27.2 Å². The summed E-state index contributed by atoms with van der Waals surface area (Å²) >= 11 is 0. The van der Waals surface area contributed by atoms with Crippen LogP contribution in [-0.4, -0.2) is 33.2 Å². The number of aryl methyl sites for hydroxylation is 2. The number of methoxy groups -OCH3 is 1. The molecule has 0 aliphatic carbocycles. The van der Waals surface area contributed by atoms with E-state index in [0.717, 1.165) is 0 Å². The SMILES string of the molecule is COc1cc(C)c(S(=O)(=O)OCC(=O)O)c(C)c1. The van der Waals surface area contributed by atoms with E-state index in [9.17, 15) is 13.2 Å². The second kappa shape index (κ2) is 5.36. The van der Waals surface area contributed by atoms with Crippen molar-refractivity contribution >= 4 is 16.1 Å². The first-order chi connectivity index (χ1) is 8.27. The van der Waals surface area contributed by atoms with Crippen LogP contribution in [0.15, 0.2) is 17.0 Å². The lowest BCUT2D eigenvalue weighted by Gasteiger charge is -2.12. The molecule has 1 aromatic carbocycles. The van der Waals surface area contributed by atoms with Gasteiger partial charge in [0, 0.05) is 0 Å². The van der Waals surface area contributed by atoms with Gasteiger partial charge in [-0.15, -0.1) is 0 Å². The summed E-state index contributed by atoms with van der Waals surface area (Å²) in [7, 11) is -2.60. The maximum atomic E-state index is 11.9.